The van der Waals surface area contributed by atoms with Crippen molar-refractivity contribution in [3.8, 4) is 16.9 Å². The smallest absolute Gasteiger partial charge is 0.264 e. The molecule has 0 radical (unpaired) electrons. The highest BCUT2D eigenvalue weighted by Gasteiger charge is 2.32. The number of carbonyl (C=O) groups excluding carboxylic acids is 5. The number of carbonyl (C=O) groups is 5. The van der Waals surface area contributed by atoms with Gasteiger partial charge < -0.3 is 31.3 Å². The van der Waals surface area contributed by atoms with Crippen molar-refractivity contribution in [2.75, 3.05) is 18.9 Å². The molecule has 16 heteroatoms. The van der Waals surface area contributed by atoms with Crippen LogP contribution in [0.3, 0.4) is 0 Å². The number of benzene rings is 4. The third kappa shape index (κ3) is 14.6. The minimum atomic E-state index is -4.26. The standard InChI is InChI=1S/C47H50N6O9S/c54-43-31-62-38-19-14-34(15-20-38)28-40(44(55)49-24-7-27-63(59,60)61)52-45(56)39(21-16-32-8-3-1-4-9-32)51-47(58)42(53-46(57)41(50-43)30-35-22-25-48-26-23-35)29-33-12-17-37(18-13-33)36-10-5-2-6-11-36/h1-6,8-15,17-20,22-23,25-26,39-42H,7,16,21,24,27-31H2,(H,49,55)(H,50,54)(H,51,58)(H,52,56)(H,53,57)(H,59,60,61)/t39-,40-,41-,42+/m0/s1. The van der Waals surface area contributed by atoms with Gasteiger partial charge in [-0.2, -0.15) is 8.42 Å². The van der Waals surface area contributed by atoms with Gasteiger partial charge in [-0.05, 0) is 76.9 Å². The van der Waals surface area contributed by atoms with Crippen LogP contribution in [0, 0.1) is 0 Å². The molecule has 5 aromatic rings. The number of aromatic nitrogens is 1. The predicted octanol–water partition coefficient (Wildman–Crippen LogP) is 3.14. The summed E-state index contributed by atoms with van der Waals surface area (Å²) in [7, 11) is -4.26. The molecule has 328 valence electrons. The van der Waals surface area contributed by atoms with Crippen LogP contribution in [0.2, 0.25) is 0 Å². The van der Waals surface area contributed by atoms with Crippen LogP contribution in [0.5, 0.6) is 5.75 Å². The molecule has 2 aliphatic heterocycles. The van der Waals surface area contributed by atoms with Gasteiger partial charge in [0.15, 0.2) is 6.61 Å². The normalized spacial score (nSPS) is 18.9. The largest absolute Gasteiger partial charge is 0.484 e. The number of hydrogen-bond donors (Lipinski definition) is 6. The SMILES string of the molecule is O=C1COc2ccc(cc2)C[C@@H](C(=O)NCCCS(=O)(=O)O)NC(=O)[C@H](CCc2ccccc2)NC(=O)[C@@H](Cc2ccc(-c3ccccc3)cc2)NC(=O)[C@H](Cc2ccncc2)N1. The molecular formula is C47H50N6O9S. The van der Waals surface area contributed by atoms with Crippen molar-refractivity contribution >= 4 is 39.7 Å². The molecule has 0 aliphatic carbocycles. The van der Waals surface area contributed by atoms with Crippen LogP contribution < -0.4 is 31.3 Å². The van der Waals surface area contributed by atoms with Crippen molar-refractivity contribution in [3.05, 3.63) is 156 Å². The minimum Gasteiger partial charge on any atom is -0.484 e. The zero-order chi connectivity index (χ0) is 44.6. The van der Waals surface area contributed by atoms with E-state index in [0.717, 1.165) is 16.7 Å². The maximum absolute atomic E-state index is 14.6. The second kappa shape index (κ2) is 22.3. The highest BCUT2D eigenvalue weighted by molar-refractivity contribution is 7.85. The van der Waals surface area contributed by atoms with Gasteiger partial charge in [0.25, 0.3) is 16.0 Å². The van der Waals surface area contributed by atoms with Crippen molar-refractivity contribution in [3.63, 3.8) is 0 Å². The number of pyridine rings is 1. The van der Waals surface area contributed by atoms with Crippen LogP contribution >= 0.6 is 0 Å². The summed E-state index contributed by atoms with van der Waals surface area (Å²) in [6, 6.07) is 31.8. The Morgan fingerprint density at radius 1 is 0.667 bits per heavy atom. The summed E-state index contributed by atoms with van der Waals surface area (Å²) in [5.41, 5.74) is 4.85. The van der Waals surface area contributed by atoms with Crippen molar-refractivity contribution in [2.24, 2.45) is 0 Å². The minimum absolute atomic E-state index is 0.00959. The van der Waals surface area contributed by atoms with Gasteiger partial charge in [0, 0.05) is 38.2 Å². The van der Waals surface area contributed by atoms with Crippen molar-refractivity contribution in [1.29, 1.82) is 0 Å². The van der Waals surface area contributed by atoms with Gasteiger partial charge >= 0.3 is 0 Å². The molecule has 0 saturated heterocycles. The summed E-state index contributed by atoms with van der Waals surface area (Å²) in [6.07, 6.45) is 3.61. The van der Waals surface area contributed by atoms with E-state index in [1.165, 1.54) is 0 Å². The first-order valence-corrected chi connectivity index (χ1v) is 22.2. The molecule has 7 rings (SSSR count). The van der Waals surface area contributed by atoms with E-state index in [4.69, 9.17) is 4.74 Å². The van der Waals surface area contributed by atoms with Crippen LogP contribution in [0.25, 0.3) is 11.1 Å². The lowest BCUT2D eigenvalue weighted by Crippen LogP contribution is -2.59. The molecule has 15 nitrogen and oxygen atoms in total. The summed E-state index contributed by atoms with van der Waals surface area (Å²) >= 11 is 0. The van der Waals surface area contributed by atoms with Gasteiger partial charge in [0.2, 0.25) is 23.6 Å². The molecule has 1 aromatic heterocycles. The lowest BCUT2D eigenvalue weighted by atomic mass is 9.98. The molecular weight excluding hydrogens is 825 g/mol. The second-order valence-corrected chi connectivity index (χ2v) is 16.8. The fourth-order valence-corrected chi connectivity index (χ4v) is 7.56. The fraction of sp³-hybridized carbons (Fsp3) is 0.277. The highest BCUT2D eigenvalue weighted by Crippen LogP contribution is 2.20. The van der Waals surface area contributed by atoms with E-state index in [9.17, 15) is 36.9 Å². The Bertz CT molecular complexity index is 2420. The summed E-state index contributed by atoms with van der Waals surface area (Å²) < 4.78 is 37.5. The van der Waals surface area contributed by atoms with Gasteiger partial charge in [0.05, 0.1) is 5.75 Å². The van der Waals surface area contributed by atoms with Crippen molar-refractivity contribution < 1.29 is 41.7 Å². The lowest BCUT2D eigenvalue weighted by molar-refractivity contribution is -0.134. The number of aryl methyl sites for hydroxylation is 1. The maximum Gasteiger partial charge on any atom is 0.264 e. The number of hydrogen-bond acceptors (Lipinski definition) is 9. The molecule has 4 aromatic carbocycles. The molecule has 2 aliphatic rings. The van der Waals surface area contributed by atoms with E-state index in [1.807, 2.05) is 84.9 Å². The van der Waals surface area contributed by atoms with Crippen LogP contribution in [0.15, 0.2) is 134 Å². The Morgan fingerprint density at radius 2 is 1.24 bits per heavy atom. The molecule has 0 saturated carbocycles. The molecule has 0 fully saturated rings. The quantitative estimate of drug-likeness (QED) is 0.0577. The third-order valence-corrected chi connectivity index (χ3v) is 11.2. The average Bonchev–Trinajstić information content (AvgIpc) is 3.28. The zero-order valence-corrected chi connectivity index (χ0v) is 35.3. The van der Waals surface area contributed by atoms with E-state index in [-0.39, 0.29) is 38.6 Å². The monoisotopic (exact) mass is 874 g/mol. The van der Waals surface area contributed by atoms with Crippen molar-refractivity contribution in [1.82, 2.24) is 31.6 Å². The lowest BCUT2D eigenvalue weighted by Gasteiger charge is -2.27. The number of rotatable bonds is 13. The van der Waals surface area contributed by atoms with E-state index < -0.39 is 76.2 Å². The van der Waals surface area contributed by atoms with Gasteiger partial charge in [-0.15, -0.1) is 0 Å². The summed E-state index contributed by atoms with van der Waals surface area (Å²) in [5.74, 6) is -3.47. The molecule has 0 spiro atoms. The van der Waals surface area contributed by atoms with Crippen LogP contribution in [0.4, 0.5) is 0 Å². The van der Waals surface area contributed by atoms with Gasteiger partial charge in [-0.3, -0.25) is 33.5 Å². The Morgan fingerprint density at radius 3 is 1.89 bits per heavy atom. The Balaban J connectivity index is 1.33. The molecule has 4 atom stereocenters. The summed E-state index contributed by atoms with van der Waals surface area (Å²) in [6.45, 7) is -0.547. The Kier molecular flexibility index (Phi) is 16.1. The molecule has 0 unspecified atom stereocenters. The number of nitrogens with zero attached hydrogens (tertiary/aromatic N) is 1. The fourth-order valence-electron chi connectivity index (χ4n) is 7.06. The predicted molar refractivity (Wildman–Crippen MR) is 236 cm³/mol. The molecule has 6 N–H and O–H groups in total. The number of ether oxygens (including phenoxy) is 1. The first-order valence-electron chi connectivity index (χ1n) is 20.6. The molecule has 3 heterocycles. The Labute approximate surface area is 366 Å². The second-order valence-electron chi connectivity index (χ2n) is 15.2. The van der Waals surface area contributed by atoms with Gasteiger partial charge in [0.1, 0.15) is 29.9 Å². The van der Waals surface area contributed by atoms with Crippen molar-refractivity contribution in [2.45, 2.75) is 62.7 Å². The molecule has 63 heavy (non-hydrogen) atoms. The van der Waals surface area contributed by atoms with Gasteiger partial charge in [-0.1, -0.05) is 97.1 Å². The van der Waals surface area contributed by atoms with Gasteiger partial charge in [-0.25, -0.2) is 0 Å². The van der Waals surface area contributed by atoms with Crippen LogP contribution in [-0.4, -0.2) is 90.6 Å². The summed E-state index contributed by atoms with van der Waals surface area (Å²) in [5, 5.41) is 13.9. The Hall–Kier alpha value is -6.91. The number of amides is 5. The van der Waals surface area contributed by atoms with E-state index in [1.54, 1.807) is 48.8 Å². The average molecular weight is 875 g/mol. The first kappa shape index (κ1) is 45.6. The highest BCUT2D eigenvalue weighted by atomic mass is 32.2. The third-order valence-electron chi connectivity index (χ3n) is 10.4. The number of nitrogens with one attached hydrogen (secondary N) is 5. The maximum atomic E-state index is 14.6. The van der Waals surface area contributed by atoms with Crippen LogP contribution in [-0.2, 0) is 59.8 Å². The van der Waals surface area contributed by atoms with Crippen LogP contribution in [0.1, 0.15) is 35.1 Å². The zero-order valence-electron chi connectivity index (χ0n) is 34.4. The number of fused-ring (bicyclic) bond motifs is 16. The topological polar surface area (TPSA) is 222 Å². The first-order chi connectivity index (χ1) is 30.4. The van der Waals surface area contributed by atoms with E-state index >= 15 is 0 Å². The van der Waals surface area contributed by atoms with E-state index in [0.29, 0.717) is 28.9 Å². The molecule has 5 amide bonds. The van der Waals surface area contributed by atoms with E-state index in [2.05, 4.69) is 31.6 Å². The molecule has 2 bridgehead atoms. The summed E-state index contributed by atoms with van der Waals surface area (Å²) in [4.78, 5) is 74.3.